The Hall–Kier alpha value is -1.88. The van der Waals surface area contributed by atoms with Crippen LogP contribution in [0.4, 0.5) is 0 Å². The van der Waals surface area contributed by atoms with Crippen molar-refractivity contribution in [2.45, 2.75) is 26.5 Å². The van der Waals surface area contributed by atoms with Crippen LogP contribution in [-0.2, 0) is 22.7 Å². The first kappa shape index (κ1) is 14.5. The van der Waals surface area contributed by atoms with E-state index in [2.05, 4.69) is 5.32 Å². The highest BCUT2D eigenvalue weighted by molar-refractivity contribution is 5.89. The molecular formula is C15H20N2O3. The summed E-state index contributed by atoms with van der Waals surface area (Å²) >= 11 is 0. The zero-order chi connectivity index (χ0) is 14.5. The van der Waals surface area contributed by atoms with Crippen molar-refractivity contribution in [1.82, 2.24) is 10.2 Å². The van der Waals surface area contributed by atoms with Gasteiger partial charge in [0.25, 0.3) is 0 Å². The lowest BCUT2D eigenvalue weighted by molar-refractivity contribution is -0.128. The monoisotopic (exact) mass is 276 g/mol. The predicted molar refractivity (Wildman–Crippen MR) is 74.6 cm³/mol. The third-order valence-electron chi connectivity index (χ3n) is 3.61. The molecular weight excluding hydrogens is 256 g/mol. The van der Waals surface area contributed by atoms with Gasteiger partial charge in [-0.25, -0.2) is 0 Å². The molecule has 0 bridgehead atoms. The van der Waals surface area contributed by atoms with Crippen molar-refractivity contribution in [2.24, 2.45) is 5.92 Å². The normalized spacial score (nSPS) is 18.4. The average molecular weight is 276 g/mol. The van der Waals surface area contributed by atoms with E-state index in [4.69, 9.17) is 5.11 Å². The van der Waals surface area contributed by atoms with Crippen LogP contribution >= 0.6 is 0 Å². The van der Waals surface area contributed by atoms with Crippen LogP contribution in [0.5, 0.6) is 0 Å². The van der Waals surface area contributed by atoms with Crippen molar-refractivity contribution in [2.75, 3.05) is 13.1 Å². The molecule has 1 aliphatic rings. The van der Waals surface area contributed by atoms with E-state index < -0.39 is 0 Å². The standard InChI is InChI=1S/C15H20N2O3/c1-2-17-9-13(7-14(17)19)15(20)16-8-11-4-3-5-12(6-11)10-18/h3-6,13,18H,2,7-10H2,1H3,(H,16,20). The van der Waals surface area contributed by atoms with Gasteiger partial charge in [0.15, 0.2) is 0 Å². The minimum Gasteiger partial charge on any atom is -0.392 e. The third kappa shape index (κ3) is 3.36. The van der Waals surface area contributed by atoms with Gasteiger partial charge in [-0.15, -0.1) is 0 Å². The van der Waals surface area contributed by atoms with Gasteiger partial charge in [0.1, 0.15) is 0 Å². The van der Waals surface area contributed by atoms with Gasteiger partial charge in [-0.3, -0.25) is 9.59 Å². The SMILES string of the molecule is CCN1CC(C(=O)NCc2cccc(CO)c2)CC1=O. The van der Waals surface area contributed by atoms with E-state index in [1.54, 1.807) is 4.90 Å². The summed E-state index contributed by atoms with van der Waals surface area (Å²) in [6.45, 7) is 3.49. The molecule has 1 fully saturated rings. The number of hydrogen-bond acceptors (Lipinski definition) is 3. The molecule has 5 nitrogen and oxygen atoms in total. The van der Waals surface area contributed by atoms with Gasteiger partial charge >= 0.3 is 0 Å². The van der Waals surface area contributed by atoms with Gasteiger partial charge < -0.3 is 15.3 Å². The fourth-order valence-electron chi connectivity index (χ4n) is 2.42. The summed E-state index contributed by atoms with van der Waals surface area (Å²) in [7, 11) is 0. The Bertz CT molecular complexity index is 502. The number of carbonyl (C=O) groups is 2. The maximum absolute atomic E-state index is 12.0. The van der Waals surface area contributed by atoms with Crippen LogP contribution in [0, 0.1) is 5.92 Å². The number of nitrogens with zero attached hydrogens (tertiary/aromatic N) is 1. The smallest absolute Gasteiger partial charge is 0.225 e. The van der Waals surface area contributed by atoms with Crippen molar-refractivity contribution in [3.05, 3.63) is 35.4 Å². The molecule has 2 N–H and O–H groups in total. The van der Waals surface area contributed by atoms with E-state index in [-0.39, 0.29) is 24.3 Å². The molecule has 2 amide bonds. The highest BCUT2D eigenvalue weighted by atomic mass is 16.3. The molecule has 1 unspecified atom stereocenters. The maximum atomic E-state index is 12.0. The molecule has 1 heterocycles. The number of amides is 2. The Morgan fingerprint density at radius 3 is 2.85 bits per heavy atom. The lowest BCUT2D eigenvalue weighted by atomic mass is 10.1. The number of benzene rings is 1. The Labute approximate surface area is 118 Å². The van der Waals surface area contributed by atoms with Crippen LogP contribution in [0.2, 0.25) is 0 Å². The molecule has 2 rings (SSSR count). The number of nitrogens with one attached hydrogen (secondary N) is 1. The largest absolute Gasteiger partial charge is 0.392 e. The summed E-state index contributed by atoms with van der Waals surface area (Å²) in [6, 6.07) is 7.45. The summed E-state index contributed by atoms with van der Waals surface area (Å²) in [6.07, 6.45) is 0.302. The molecule has 1 aliphatic heterocycles. The predicted octanol–water partition coefficient (Wildman–Crippen LogP) is 0.663. The van der Waals surface area contributed by atoms with E-state index in [0.29, 0.717) is 26.1 Å². The molecule has 1 aromatic carbocycles. The van der Waals surface area contributed by atoms with Gasteiger partial charge in [0.2, 0.25) is 11.8 Å². The van der Waals surface area contributed by atoms with Crippen LogP contribution in [0.15, 0.2) is 24.3 Å². The van der Waals surface area contributed by atoms with Gasteiger partial charge in [0.05, 0.1) is 12.5 Å². The Kier molecular flexibility index (Phi) is 4.74. The second-order valence-corrected chi connectivity index (χ2v) is 5.03. The molecule has 108 valence electrons. The second-order valence-electron chi connectivity index (χ2n) is 5.03. The fraction of sp³-hybridized carbons (Fsp3) is 0.467. The first-order valence-corrected chi connectivity index (χ1v) is 6.88. The van der Waals surface area contributed by atoms with E-state index in [1.165, 1.54) is 0 Å². The average Bonchev–Trinajstić information content (AvgIpc) is 2.86. The van der Waals surface area contributed by atoms with Gasteiger partial charge in [-0.05, 0) is 18.1 Å². The molecule has 0 radical (unpaired) electrons. The second kappa shape index (κ2) is 6.52. The maximum Gasteiger partial charge on any atom is 0.225 e. The van der Waals surface area contributed by atoms with Crippen molar-refractivity contribution < 1.29 is 14.7 Å². The van der Waals surface area contributed by atoms with Crippen molar-refractivity contribution in [3.63, 3.8) is 0 Å². The van der Waals surface area contributed by atoms with Crippen molar-refractivity contribution >= 4 is 11.8 Å². The summed E-state index contributed by atoms with van der Waals surface area (Å²) in [4.78, 5) is 25.3. The number of rotatable bonds is 5. The number of hydrogen-bond donors (Lipinski definition) is 2. The molecule has 1 atom stereocenters. The van der Waals surface area contributed by atoms with Crippen LogP contribution in [0.1, 0.15) is 24.5 Å². The first-order chi connectivity index (χ1) is 9.63. The van der Waals surface area contributed by atoms with Crippen LogP contribution < -0.4 is 5.32 Å². The minimum atomic E-state index is -0.247. The first-order valence-electron chi connectivity index (χ1n) is 6.88. The van der Waals surface area contributed by atoms with Gasteiger partial charge in [-0.2, -0.15) is 0 Å². The summed E-state index contributed by atoms with van der Waals surface area (Å²) in [5.41, 5.74) is 1.77. The van der Waals surface area contributed by atoms with E-state index >= 15 is 0 Å². The quantitative estimate of drug-likeness (QED) is 0.830. The number of carbonyl (C=O) groups excluding carboxylic acids is 2. The van der Waals surface area contributed by atoms with Crippen LogP contribution in [0.25, 0.3) is 0 Å². The molecule has 0 saturated carbocycles. The lowest BCUT2D eigenvalue weighted by Gasteiger charge is -2.13. The molecule has 1 aromatic rings. The Morgan fingerprint density at radius 1 is 1.45 bits per heavy atom. The lowest BCUT2D eigenvalue weighted by Crippen LogP contribution is -2.32. The van der Waals surface area contributed by atoms with Crippen LogP contribution in [0.3, 0.4) is 0 Å². The van der Waals surface area contributed by atoms with Crippen molar-refractivity contribution in [1.29, 1.82) is 0 Å². The zero-order valence-corrected chi connectivity index (χ0v) is 11.6. The summed E-state index contributed by atoms with van der Waals surface area (Å²) < 4.78 is 0. The number of likely N-dealkylation sites (tertiary alicyclic amines) is 1. The highest BCUT2D eigenvalue weighted by Crippen LogP contribution is 2.17. The molecule has 0 aliphatic carbocycles. The Balaban J connectivity index is 1.88. The van der Waals surface area contributed by atoms with Gasteiger partial charge in [-0.1, -0.05) is 24.3 Å². The Morgan fingerprint density at radius 2 is 2.20 bits per heavy atom. The molecule has 0 aromatic heterocycles. The molecule has 0 spiro atoms. The number of aliphatic hydroxyl groups is 1. The molecule has 1 saturated heterocycles. The fourth-order valence-corrected chi connectivity index (χ4v) is 2.42. The van der Waals surface area contributed by atoms with E-state index in [0.717, 1.165) is 11.1 Å². The molecule has 5 heteroatoms. The van der Waals surface area contributed by atoms with E-state index in [1.807, 2.05) is 31.2 Å². The highest BCUT2D eigenvalue weighted by Gasteiger charge is 2.33. The molecule has 20 heavy (non-hydrogen) atoms. The van der Waals surface area contributed by atoms with E-state index in [9.17, 15) is 9.59 Å². The third-order valence-corrected chi connectivity index (χ3v) is 3.61. The summed E-state index contributed by atoms with van der Waals surface area (Å²) in [5.74, 6) is -0.276. The zero-order valence-electron chi connectivity index (χ0n) is 11.6. The van der Waals surface area contributed by atoms with Crippen LogP contribution in [-0.4, -0.2) is 34.9 Å². The van der Waals surface area contributed by atoms with Crippen molar-refractivity contribution in [3.8, 4) is 0 Å². The minimum absolute atomic E-state index is 0.00955. The topological polar surface area (TPSA) is 69.6 Å². The van der Waals surface area contributed by atoms with Gasteiger partial charge in [0, 0.05) is 26.1 Å². The summed E-state index contributed by atoms with van der Waals surface area (Å²) in [5, 5.41) is 11.9. The number of aliphatic hydroxyl groups excluding tert-OH is 1.